The monoisotopic (exact) mass is 473 g/mol. The van der Waals surface area contributed by atoms with E-state index in [2.05, 4.69) is 15.7 Å². The van der Waals surface area contributed by atoms with E-state index in [-0.39, 0.29) is 17.3 Å². The highest BCUT2D eigenvalue weighted by Gasteiger charge is 2.55. The molecule has 0 radical (unpaired) electrons. The second-order valence-electron chi connectivity index (χ2n) is 7.14. The number of benzene rings is 2. The number of carbonyl (C=O) groups is 3. The van der Waals surface area contributed by atoms with E-state index in [1.807, 2.05) is 0 Å². The Labute approximate surface area is 193 Å². The van der Waals surface area contributed by atoms with Crippen LogP contribution in [0.1, 0.15) is 0 Å². The molecule has 2 unspecified atom stereocenters. The number of nitrogens with one attached hydrogen (secondary N) is 1. The van der Waals surface area contributed by atoms with Gasteiger partial charge in [0.05, 0.1) is 37.7 Å². The van der Waals surface area contributed by atoms with Crippen molar-refractivity contribution in [2.45, 2.75) is 12.1 Å². The number of methoxy groups -OCH3 is 3. The number of rotatable bonds is 7. The smallest absolute Gasteiger partial charge is 0.263 e. The van der Waals surface area contributed by atoms with E-state index in [9.17, 15) is 14.4 Å². The van der Waals surface area contributed by atoms with E-state index in [0.717, 1.165) is 4.90 Å². The molecule has 0 aromatic heterocycles. The molecular formula is C21H20ClN5O6. The van der Waals surface area contributed by atoms with Crippen LogP contribution in [0.15, 0.2) is 46.7 Å². The van der Waals surface area contributed by atoms with Crippen LogP contribution in [-0.4, -0.2) is 62.7 Å². The molecule has 0 spiro atoms. The second kappa shape index (κ2) is 8.94. The number of fused-ring (bicyclic) bond motifs is 1. The van der Waals surface area contributed by atoms with Crippen molar-refractivity contribution in [3.05, 3.63) is 41.4 Å². The van der Waals surface area contributed by atoms with Gasteiger partial charge in [0.25, 0.3) is 11.8 Å². The van der Waals surface area contributed by atoms with Crippen LogP contribution in [0.5, 0.6) is 17.2 Å². The lowest BCUT2D eigenvalue weighted by molar-refractivity contribution is -0.123. The highest BCUT2D eigenvalue weighted by Crippen LogP contribution is 2.35. The molecule has 2 aromatic carbocycles. The first-order chi connectivity index (χ1) is 15.9. The fraction of sp³-hybridized carbons (Fsp3) is 0.286. The molecule has 1 fully saturated rings. The summed E-state index contributed by atoms with van der Waals surface area (Å²) >= 11 is 6.14. The number of amides is 3. The van der Waals surface area contributed by atoms with E-state index in [1.165, 1.54) is 32.4 Å². The summed E-state index contributed by atoms with van der Waals surface area (Å²) in [6, 6.07) is 7.42. The molecule has 2 aliphatic rings. The number of nitrogens with zero attached hydrogens (tertiary/aromatic N) is 4. The third-order valence-corrected chi connectivity index (χ3v) is 5.54. The van der Waals surface area contributed by atoms with Gasteiger partial charge in [0, 0.05) is 6.07 Å². The van der Waals surface area contributed by atoms with Gasteiger partial charge >= 0.3 is 0 Å². The summed E-state index contributed by atoms with van der Waals surface area (Å²) in [5, 5.41) is 11.9. The largest absolute Gasteiger partial charge is 0.497 e. The molecule has 0 bridgehead atoms. The predicted octanol–water partition coefficient (Wildman–Crippen LogP) is 2.30. The summed E-state index contributed by atoms with van der Waals surface area (Å²) in [5.74, 6) is -0.190. The van der Waals surface area contributed by atoms with Crippen molar-refractivity contribution in [3.63, 3.8) is 0 Å². The number of hydrogen-bond acceptors (Lipinski definition) is 9. The average molecular weight is 474 g/mol. The SMILES string of the molecule is COc1ccc(NC(=O)CN2N=NC3C(=O)N(c4ccc(OC)c(Cl)c4)C(=O)C32)c(OC)c1. The van der Waals surface area contributed by atoms with E-state index < -0.39 is 29.8 Å². The summed E-state index contributed by atoms with van der Waals surface area (Å²) in [6.45, 7) is -0.296. The van der Waals surface area contributed by atoms with Crippen molar-refractivity contribution in [2.75, 3.05) is 38.1 Å². The van der Waals surface area contributed by atoms with Gasteiger partial charge in [-0.2, -0.15) is 5.11 Å². The topological polar surface area (TPSA) is 122 Å². The molecule has 0 aliphatic carbocycles. The first-order valence-corrected chi connectivity index (χ1v) is 10.2. The van der Waals surface area contributed by atoms with E-state index in [1.54, 1.807) is 30.3 Å². The third kappa shape index (κ3) is 4.02. The van der Waals surface area contributed by atoms with E-state index >= 15 is 0 Å². The number of hydrogen-bond donors (Lipinski definition) is 1. The minimum atomic E-state index is -1.04. The van der Waals surface area contributed by atoms with Crippen molar-refractivity contribution in [3.8, 4) is 17.2 Å². The Kier molecular flexibility index (Phi) is 6.05. The minimum absolute atomic E-state index is 0.249. The van der Waals surface area contributed by atoms with Gasteiger partial charge in [-0.1, -0.05) is 16.8 Å². The molecule has 33 heavy (non-hydrogen) atoms. The standard InChI is InChI=1S/C21H20ClN5O6/c1-31-12-5-6-14(16(9-12)33-3)23-17(28)10-26-19-18(24-25-26)20(29)27(21(19)30)11-4-7-15(32-2)13(22)8-11/h4-9,18-19H,10H2,1-3H3,(H,23,28). The minimum Gasteiger partial charge on any atom is -0.497 e. The van der Waals surface area contributed by atoms with Crippen LogP contribution in [0, 0.1) is 0 Å². The Balaban J connectivity index is 1.49. The van der Waals surface area contributed by atoms with Crippen LogP contribution in [0.4, 0.5) is 11.4 Å². The Bertz CT molecular complexity index is 1160. The summed E-state index contributed by atoms with van der Waals surface area (Å²) in [6.07, 6.45) is 0. The number of halogens is 1. The van der Waals surface area contributed by atoms with Crippen molar-refractivity contribution < 1.29 is 28.6 Å². The molecule has 11 nitrogen and oxygen atoms in total. The summed E-state index contributed by atoms with van der Waals surface area (Å²) in [4.78, 5) is 39.6. The van der Waals surface area contributed by atoms with Gasteiger partial charge in [0.1, 0.15) is 23.8 Å². The lowest BCUT2D eigenvalue weighted by Crippen LogP contribution is -2.43. The molecule has 4 rings (SSSR count). The van der Waals surface area contributed by atoms with E-state index in [0.29, 0.717) is 22.9 Å². The summed E-state index contributed by atoms with van der Waals surface area (Å²) < 4.78 is 15.5. The van der Waals surface area contributed by atoms with Crippen molar-refractivity contribution in [2.24, 2.45) is 10.3 Å². The third-order valence-electron chi connectivity index (χ3n) is 5.24. The molecule has 2 aliphatic heterocycles. The van der Waals surface area contributed by atoms with Crippen molar-refractivity contribution in [1.82, 2.24) is 5.01 Å². The zero-order valence-corrected chi connectivity index (χ0v) is 18.7. The summed E-state index contributed by atoms with van der Waals surface area (Å²) in [7, 11) is 4.44. The van der Waals surface area contributed by atoms with Gasteiger partial charge in [0.2, 0.25) is 5.91 Å². The first-order valence-electron chi connectivity index (χ1n) is 9.78. The Morgan fingerprint density at radius 1 is 1.03 bits per heavy atom. The van der Waals surface area contributed by atoms with Crippen molar-refractivity contribution in [1.29, 1.82) is 0 Å². The van der Waals surface area contributed by atoms with Crippen LogP contribution in [-0.2, 0) is 14.4 Å². The normalized spacial score (nSPS) is 19.0. The Hall–Kier alpha value is -3.86. The number of anilines is 2. The van der Waals surface area contributed by atoms with Crippen molar-refractivity contribution >= 4 is 40.7 Å². The predicted molar refractivity (Wildman–Crippen MR) is 118 cm³/mol. The molecule has 0 saturated carbocycles. The van der Waals surface area contributed by atoms with Crippen LogP contribution in [0.25, 0.3) is 0 Å². The maximum atomic E-state index is 13.1. The summed E-state index contributed by atoms with van der Waals surface area (Å²) in [5.41, 5.74) is 0.701. The van der Waals surface area contributed by atoms with Gasteiger partial charge in [-0.15, -0.1) is 0 Å². The number of imide groups is 1. The molecule has 12 heteroatoms. The lowest BCUT2D eigenvalue weighted by atomic mass is 10.1. The highest BCUT2D eigenvalue weighted by atomic mass is 35.5. The molecule has 1 saturated heterocycles. The Morgan fingerprint density at radius 3 is 2.45 bits per heavy atom. The quantitative estimate of drug-likeness (QED) is 0.612. The maximum Gasteiger partial charge on any atom is 0.263 e. The lowest BCUT2D eigenvalue weighted by Gasteiger charge is -2.20. The van der Waals surface area contributed by atoms with Gasteiger partial charge in [-0.25, -0.2) is 4.90 Å². The molecule has 2 atom stereocenters. The number of ether oxygens (including phenoxy) is 3. The maximum absolute atomic E-state index is 13.1. The van der Waals surface area contributed by atoms with E-state index in [4.69, 9.17) is 25.8 Å². The molecule has 3 amide bonds. The van der Waals surface area contributed by atoms with Crippen LogP contribution in [0.3, 0.4) is 0 Å². The number of carbonyl (C=O) groups excluding carboxylic acids is 3. The van der Waals surface area contributed by atoms with Gasteiger partial charge < -0.3 is 19.5 Å². The van der Waals surface area contributed by atoms with Gasteiger partial charge in [-0.3, -0.25) is 19.4 Å². The van der Waals surface area contributed by atoms with Crippen LogP contribution < -0.4 is 24.4 Å². The molecule has 2 aromatic rings. The zero-order chi connectivity index (χ0) is 23.7. The van der Waals surface area contributed by atoms with Crippen LogP contribution >= 0.6 is 11.6 Å². The first kappa shape index (κ1) is 22.3. The molecule has 172 valence electrons. The molecule has 2 heterocycles. The zero-order valence-electron chi connectivity index (χ0n) is 17.9. The Morgan fingerprint density at radius 2 is 1.79 bits per heavy atom. The van der Waals surface area contributed by atoms with Crippen LogP contribution in [0.2, 0.25) is 5.02 Å². The highest BCUT2D eigenvalue weighted by molar-refractivity contribution is 6.33. The average Bonchev–Trinajstić information content (AvgIpc) is 3.33. The fourth-order valence-electron chi connectivity index (χ4n) is 3.64. The molecular weight excluding hydrogens is 454 g/mol. The van der Waals surface area contributed by atoms with Gasteiger partial charge in [0.15, 0.2) is 12.1 Å². The van der Waals surface area contributed by atoms with Gasteiger partial charge in [-0.05, 0) is 30.3 Å². The second-order valence-corrected chi connectivity index (χ2v) is 7.54. The molecule has 1 N–H and O–H groups in total. The fourth-order valence-corrected chi connectivity index (χ4v) is 3.89.